The van der Waals surface area contributed by atoms with Gasteiger partial charge < -0.3 is 16.0 Å². The number of hydrogen-bond acceptors (Lipinski definition) is 3. The summed E-state index contributed by atoms with van der Waals surface area (Å²) in [7, 11) is 0. The number of nitrogen functional groups attached to an aromatic ring is 1. The molecule has 3 rings (SSSR count). The van der Waals surface area contributed by atoms with Crippen LogP contribution in [0.15, 0.2) is 36.4 Å². The number of aromatic amines is 1. The monoisotopic (exact) mass is 266 g/mol. The van der Waals surface area contributed by atoms with Gasteiger partial charge in [-0.1, -0.05) is 18.2 Å². The third-order valence-electron chi connectivity index (χ3n) is 3.60. The second-order valence-electron chi connectivity index (χ2n) is 5.00. The Balaban J connectivity index is 1.86. The summed E-state index contributed by atoms with van der Waals surface area (Å²) in [5.74, 6) is 0.849. The van der Waals surface area contributed by atoms with Crippen LogP contribution in [-0.2, 0) is 6.54 Å². The molecule has 0 spiro atoms. The zero-order valence-electron chi connectivity index (χ0n) is 11.7. The number of anilines is 2. The van der Waals surface area contributed by atoms with Crippen LogP contribution < -0.4 is 11.1 Å². The summed E-state index contributed by atoms with van der Waals surface area (Å²) in [5.41, 5.74) is 11.0. The lowest BCUT2D eigenvalue weighted by molar-refractivity contribution is 1.08. The van der Waals surface area contributed by atoms with Gasteiger partial charge in [0.2, 0.25) is 0 Å². The molecule has 4 nitrogen and oxygen atoms in total. The molecule has 2 aromatic heterocycles. The molecule has 0 fully saturated rings. The van der Waals surface area contributed by atoms with Crippen LogP contribution >= 0.6 is 0 Å². The van der Waals surface area contributed by atoms with Gasteiger partial charge in [-0.15, -0.1) is 0 Å². The maximum Gasteiger partial charge on any atom is 0.126 e. The number of para-hydroxylation sites is 1. The second-order valence-corrected chi connectivity index (χ2v) is 5.00. The highest BCUT2D eigenvalue weighted by atomic mass is 15.0. The molecule has 0 atom stereocenters. The predicted octanol–water partition coefficient (Wildman–Crippen LogP) is 3.37. The number of rotatable bonds is 3. The first-order valence-corrected chi connectivity index (χ1v) is 6.68. The molecule has 102 valence electrons. The first kappa shape index (κ1) is 12.5. The van der Waals surface area contributed by atoms with Crippen molar-refractivity contribution in [3.05, 3.63) is 53.3 Å². The molecule has 0 amide bonds. The zero-order valence-corrected chi connectivity index (χ0v) is 11.7. The van der Waals surface area contributed by atoms with E-state index in [9.17, 15) is 0 Å². The normalized spacial score (nSPS) is 10.9. The molecule has 0 unspecified atom stereocenters. The van der Waals surface area contributed by atoms with Gasteiger partial charge >= 0.3 is 0 Å². The number of aryl methyl sites for hydroxylation is 2. The van der Waals surface area contributed by atoms with Gasteiger partial charge in [-0.2, -0.15) is 0 Å². The van der Waals surface area contributed by atoms with E-state index in [1.54, 1.807) is 0 Å². The largest absolute Gasteiger partial charge is 0.397 e. The Hall–Kier alpha value is -2.49. The van der Waals surface area contributed by atoms with Crippen LogP contribution in [0, 0.1) is 13.8 Å². The van der Waals surface area contributed by atoms with Crippen molar-refractivity contribution in [2.75, 3.05) is 11.1 Å². The summed E-state index contributed by atoms with van der Waals surface area (Å²) in [6.07, 6.45) is 0. The number of fused-ring (bicyclic) bond motifs is 1. The number of benzene rings is 1. The van der Waals surface area contributed by atoms with Gasteiger partial charge in [0, 0.05) is 23.1 Å². The number of nitrogens with one attached hydrogen (secondary N) is 2. The Morgan fingerprint density at radius 3 is 2.75 bits per heavy atom. The SMILES string of the molecule is Cc1nc(NCc2c(C)[nH]c3ccccc23)ccc1N. The number of pyridine rings is 1. The third-order valence-corrected chi connectivity index (χ3v) is 3.60. The molecule has 20 heavy (non-hydrogen) atoms. The molecule has 4 N–H and O–H groups in total. The number of nitrogens with two attached hydrogens (primary N) is 1. The minimum absolute atomic E-state index is 0.721. The van der Waals surface area contributed by atoms with E-state index in [2.05, 4.69) is 40.4 Å². The van der Waals surface area contributed by atoms with E-state index in [4.69, 9.17) is 5.73 Å². The summed E-state index contributed by atoms with van der Waals surface area (Å²) in [6, 6.07) is 12.1. The number of H-pyrrole nitrogens is 1. The number of aromatic nitrogens is 2. The van der Waals surface area contributed by atoms with Crippen LogP contribution in [0.1, 0.15) is 17.0 Å². The number of hydrogen-bond donors (Lipinski definition) is 3. The van der Waals surface area contributed by atoms with Gasteiger partial charge in [-0.25, -0.2) is 4.98 Å². The van der Waals surface area contributed by atoms with Crippen molar-refractivity contribution in [3.63, 3.8) is 0 Å². The van der Waals surface area contributed by atoms with Gasteiger partial charge in [-0.3, -0.25) is 0 Å². The molecule has 3 aromatic rings. The molecule has 0 aliphatic carbocycles. The highest BCUT2D eigenvalue weighted by Gasteiger charge is 2.07. The van der Waals surface area contributed by atoms with Crippen molar-refractivity contribution in [3.8, 4) is 0 Å². The Morgan fingerprint density at radius 1 is 1.15 bits per heavy atom. The van der Waals surface area contributed by atoms with Crippen LogP contribution in [0.4, 0.5) is 11.5 Å². The van der Waals surface area contributed by atoms with Crippen molar-refractivity contribution in [1.29, 1.82) is 0 Å². The van der Waals surface area contributed by atoms with Crippen molar-refractivity contribution in [2.24, 2.45) is 0 Å². The Kier molecular flexibility index (Phi) is 3.06. The van der Waals surface area contributed by atoms with Crippen molar-refractivity contribution >= 4 is 22.4 Å². The Bertz CT molecular complexity index is 758. The first-order valence-electron chi connectivity index (χ1n) is 6.68. The van der Waals surface area contributed by atoms with Crippen molar-refractivity contribution < 1.29 is 0 Å². The maximum atomic E-state index is 5.78. The van der Waals surface area contributed by atoms with Crippen LogP contribution in [0.5, 0.6) is 0 Å². The molecule has 4 heteroatoms. The van der Waals surface area contributed by atoms with Crippen LogP contribution in [0.3, 0.4) is 0 Å². The highest BCUT2D eigenvalue weighted by molar-refractivity contribution is 5.84. The lowest BCUT2D eigenvalue weighted by atomic mass is 10.1. The molecule has 1 aromatic carbocycles. The van der Waals surface area contributed by atoms with Gasteiger partial charge in [0.25, 0.3) is 0 Å². The van der Waals surface area contributed by atoms with E-state index in [0.717, 1.165) is 23.7 Å². The van der Waals surface area contributed by atoms with E-state index in [-0.39, 0.29) is 0 Å². The van der Waals surface area contributed by atoms with E-state index in [1.807, 2.05) is 25.1 Å². The van der Waals surface area contributed by atoms with Crippen molar-refractivity contribution in [2.45, 2.75) is 20.4 Å². The molecule has 2 heterocycles. The molecule has 0 aliphatic rings. The van der Waals surface area contributed by atoms with Crippen molar-refractivity contribution in [1.82, 2.24) is 9.97 Å². The topological polar surface area (TPSA) is 66.7 Å². The fourth-order valence-electron chi connectivity index (χ4n) is 2.41. The molecule has 0 saturated carbocycles. The minimum atomic E-state index is 0.721. The Morgan fingerprint density at radius 2 is 1.95 bits per heavy atom. The predicted molar refractivity (Wildman–Crippen MR) is 83.7 cm³/mol. The van der Waals surface area contributed by atoms with Crippen LogP contribution in [-0.4, -0.2) is 9.97 Å². The van der Waals surface area contributed by atoms with E-state index < -0.39 is 0 Å². The van der Waals surface area contributed by atoms with Crippen LogP contribution in [0.25, 0.3) is 10.9 Å². The summed E-state index contributed by atoms with van der Waals surface area (Å²) in [4.78, 5) is 7.84. The van der Waals surface area contributed by atoms with Gasteiger partial charge in [0.05, 0.1) is 11.4 Å². The number of nitrogens with zero attached hydrogens (tertiary/aromatic N) is 1. The van der Waals surface area contributed by atoms with Gasteiger partial charge in [-0.05, 0) is 37.6 Å². The van der Waals surface area contributed by atoms with Gasteiger partial charge in [0.1, 0.15) is 5.82 Å². The second kappa shape index (κ2) is 4.89. The maximum absolute atomic E-state index is 5.78. The summed E-state index contributed by atoms with van der Waals surface area (Å²) in [6.45, 7) is 4.75. The van der Waals surface area contributed by atoms with E-state index in [0.29, 0.717) is 0 Å². The summed E-state index contributed by atoms with van der Waals surface area (Å²) < 4.78 is 0. The minimum Gasteiger partial charge on any atom is -0.397 e. The highest BCUT2D eigenvalue weighted by Crippen LogP contribution is 2.23. The average molecular weight is 266 g/mol. The van der Waals surface area contributed by atoms with E-state index >= 15 is 0 Å². The molecule has 0 saturated heterocycles. The fourth-order valence-corrected chi connectivity index (χ4v) is 2.41. The molecular weight excluding hydrogens is 248 g/mol. The van der Waals surface area contributed by atoms with Gasteiger partial charge in [0.15, 0.2) is 0 Å². The lowest BCUT2D eigenvalue weighted by Gasteiger charge is -2.08. The third kappa shape index (κ3) is 2.20. The summed E-state index contributed by atoms with van der Waals surface area (Å²) in [5, 5.41) is 4.62. The molecular formula is C16H18N4. The fraction of sp³-hybridized carbons (Fsp3) is 0.188. The smallest absolute Gasteiger partial charge is 0.126 e. The van der Waals surface area contributed by atoms with Crippen LogP contribution in [0.2, 0.25) is 0 Å². The quantitative estimate of drug-likeness (QED) is 0.681. The first-order chi connectivity index (χ1) is 9.65. The van der Waals surface area contributed by atoms with E-state index in [1.165, 1.54) is 22.2 Å². The summed E-state index contributed by atoms with van der Waals surface area (Å²) >= 11 is 0. The molecule has 0 aliphatic heterocycles. The Labute approximate surface area is 118 Å². The molecule has 0 bridgehead atoms. The molecule has 0 radical (unpaired) electrons. The lowest BCUT2D eigenvalue weighted by Crippen LogP contribution is -2.04. The zero-order chi connectivity index (χ0) is 14.1. The average Bonchev–Trinajstić information content (AvgIpc) is 2.76. The standard InChI is InChI=1S/C16H18N4/c1-10-13(12-5-3-4-6-15(12)19-10)9-18-16-8-7-14(17)11(2)20-16/h3-8,19H,9,17H2,1-2H3,(H,18,20).